The van der Waals surface area contributed by atoms with Crippen LogP contribution in [0.2, 0.25) is 10.0 Å². The fourth-order valence-corrected chi connectivity index (χ4v) is 5.47. The summed E-state index contributed by atoms with van der Waals surface area (Å²) < 4.78 is 16.7. The van der Waals surface area contributed by atoms with E-state index in [1.807, 2.05) is 6.07 Å². The topological polar surface area (TPSA) is 114 Å². The lowest BCUT2D eigenvalue weighted by atomic mass is 9.92. The molecule has 1 unspecified atom stereocenters. The molecule has 35 heavy (non-hydrogen) atoms. The third-order valence-corrected chi connectivity index (χ3v) is 7.44. The van der Waals surface area contributed by atoms with Gasteiger partial charge in [0.15, 0.2) is 5.82 Å². The highest BCUT2D eigenvalue weighted by Crippen LogP contribution is 2.43. The highest BCUT2D eigenvalue weighted by Gasteiger charge is 2.38. The van der Waals surface area contributed by atoms with Gasteiger partial charge in [0.1, 0.15) is 18.0 Å². The van der Waals surface area contributed by atoms with Crippen LogP contribution in [0, 0.1) is 5.82 Å². The molecule has 0 spiro atoms. The van der Waals surface area contributed by atoms with Gasteiger partial charge in [0.2, 0.25) is 0 Å². The van der Waals surface area contributed by atoms with Gasteiger partial charge in [-0.15, -0.1) is 5.10 Å². The summed E-state index contributed by atoms with van der Waals surface area (Å²) in [6, 6.07) is 5.44. The van der Waals surface area contributed by atoms with E-state index in [9.17, 15) is 0 Å². The van der Waals surface area contributed by atoms with Crippen molar-refractivity contribution in [2.45, 2.75) is 31.3 Å². The molecule has 3 aromatic heterocycles. The van der Waals surface area contributed by atoms with E-state index in [4.69, 9.17) is 28.9 Å². The second-order valence-corrected chi connectivity index (χ2v) is 9.41. The Morgan fingerprint density at radius 2 is 2.03 bits per heavy atom. The number of imidazole rings is 1. The minimum absolute atomic E-state index is 0.0722. The van der Waals surface area contributed by atoms with E-state index in [0.29, 0.717) is 29.2 Å². The van der Waals surface area contributed by atoms with Crippen LogP contribution in [0.4, 0.5) is 10.2 Å². The average Bonchev–Trinajstić information content (AvgIpc) is 3.63. The van der Waals surface area contributed by atoms with Crippen LogP contribution in [0.1, 0.15) is 36.7 Å². The van der Waals surface area contributed by atoms with Crippen LogP contribution in [0.3, 0.4) is 0 Å². The van der Waals surface area contributed by atoms with E-state index in [-0.39, 0.29) is 22.9 Å². The van der Waals surface area contributed by atoms with Gasteiger partial charge in [-0.3, -0.25) is 4.90 Å². The number of anilines is 1. The van der Waals surface area contributed by atoms with Gasteiger partial charge in [-0.1, -0.05) is 29.3 Å². The first kappa shape index (κ1) is 22.1. The number of nitrogens with two attached hydrogens (primary N) is 1. The zero-order chi connectivity index (χ0) is 24.1. The number of rotatable bonds is 4. The molecule has 12 heteroatoms. The first-order chi connectivity index (χ1) is 17.0. The first-order valence-corrected chi connectivity index (χ1v) is 11.9. The highest BCUT2D eigenvalue weighted by molar-refractivity contribution is 6.35. The molecule has 2 aliphatic rings. The van der Waals surface area contributed by atoms with Crippen molar-refractivity contribution < 1.29 is 4.39 Å². The van der Waals surface area contributed by atoms with Gasteiger partial charge in [0.05, 0.1) is 33.7 Å². The molecule has 1 fully saturated rings. The van der Waals surface area contributed by atoms with Gasteiger partial charge in [-0.2, -0.15) is 4.68 Å². The summed E-state index contributed by atoms with van der Waals surface area (Å²) in [4.78, 5) is 14.5. The Morgan fingerprint density at radius 1 is 1.14 bits per heavy atom. The fraction of sp³-hybridized carbons (Fsp3) is 0.261. The van der Waals surface area contributed by atoms with Crippen molar-refractivity contribution in [3.63, 3.8) is 0 Å². The van der Waals surface area contributed by atoms with E-state index in [2.05, 4.69) is 41.5 Å². The van der Waals surface area contributed by atoms with Gasteiger partial charge in [-0.05, 0) is 53.5 Å². The van der Waals surface area contributed by atoms with Gasteiger partial charge < -0.3 is 10.7 Å². The quantitative estimate of drug-likeness (QED) is 0.415. The van der Waals surface area contributed by atoms with E-state index >= 15 is 4.39 Å². The number of fused-ring (bicyclic) bond motifs is 1. The number of hydrogen-bond donors (Lipinski definition) is 2. The minimum Gasteiger partial charge on any atom is -0.382 e. The lowest BCUT2D eigenvalue weighted by Gasteiger charge is -2.33. The summed E-state index contributed by atoms with van der Waals surface area (Å²) >= 11 is 12.5. The Morgan fingerprint density at radius 3 is 2.86 bits per heavy atom. The molecular formula is C23H20Cl2FN9. The fourth-order valence-electron chi connectivity index (χ4n) is 5.10. The molecule has 0 amide bonds. The van der Waals surface area contributed by atoms with Crippen molar-refractivity contribution in [3.8, 4) is 16.9 Å². The predicted molar refractivity (Wildman–Crippen MR) is 130 cm³/mol. The maximum atomic E-state index is 15.2. The largest absolute Gasteiger partial charge is 0.382 e. The predicted octanol–water partition coefficient (Wildman–Crippen LogP) is 4.47. The van der Waals surface area contributed by atoms with E-state index in [0.717, 1.165) is 35.5 Å². The van der Waals surface area contributed by atoms with Crippen molar-refractivity contribution in [3.05, 3.63) is 70.2 Å². The number of benzene rings is 1. The number of aromatic nitrogens is 7. The molecule has 0 bridgehead atoms. The molecule has 9 nitrogen and oxygen atoms in total. The van der Waals surface area contributed by atoms with Crippen LogP contribution in [0.5, 0.6) is 0 Å². The first-order valence-electron chi connectivity index (χ1n) is 11.1. The maximum absolute atomic E-state index is 15.2. The van der Waals surface area contributed by atoms with E-state index in [1.54, 1.807) is 18.5 Å². The molecule has 3 N–H and O–H groups in total. The molecule has 4 aromatic rings. The molecule has 2 atom stereocenters. The second-order valence-electron chi connectivity index (χ2n) is 8.63. The van der Waals surface area contributed by atoms with Gasteiger partial charge >= 0.3 is 0 Å². The molecule has 178 valence electrons. The van der Waals surface area contributed by atoms with Crippen LogP contribution < -0.4 is 5.73 Å². The Hall–Kier alpha value is -3.34. The molecule has 0 saturated carbocycles. The Balaban J connectivity index is 1.29. The number of nitrogens with zero attached hydrogens (tertiary/aromatic N) is 7. The van der Waals surface area contributed by atoms with Crippen LogP contribution in [0.15, 0.2) is 43.0 Å². The third-order valence-electron chi connectivity index (χ3n) is 6.75. The van der Waals surface area contributed by atoms with Crippen molar-refractivity contribution in [2.75, 3.05) is 12.3 Å². The van der Waals surface area contributed by atoms with Gasteiger partial charge in [-0.25, -0.2) is 14.4 Å². The number of pyridine rings is 1. The number of aromatic amines is 1. The van der Waals surface area contributed by atoms with Crippen LogP contribution >= 0.6 is 23.2 Å². The monoisotopic (exact) mass is 511 g/mol. The molecule has 2 aliphatic heterocycles. The number of nitrogen functional groups attached to an aromatic ring is 1. The molecule has 1 aromatic carbocycles. The minimum atomic E-state index is -0.460. The summed E-state index contributed by atoms with van der Waals surface area (Å²) in [6.45, 7) is 0.657. The van der Waals surface area contributed by atoms with Crippen molar-refractivity contribution in [2.24, 2.45) is 0 Å². The van der Waals surface area contributed by atoms with Gasteiger partial charge in [0.25, 0.3) is 0 Å². The van der Waals surface area contributed by atoms with Gasteiger partial charge in [0, 0.05) is 29.9 Å². The van der Waals surface area contributed by atoms with Crippen molar-refractivity contribution in [1.82, 2.24) is 40.1 Å². The molecular weight excluding hydrogens is 492 g/mol. The number of halogens is 3. The third kappa shape index (κ3) is 3.78. The lowest BCUT2D eigenvalue weighted by Crippen LogP contribution is -2.35. The summed E-state index contributed by atoms with van der Waals surface area (Å²) in [5, 5.41) is 11.8. The lowest BCUT2D eigenvalue weighted by molar-refractivity contribution is 0.205. The standard InChI is InChI=1S/C23H20Cl2FN9/c24-15-2-4-17(35-11-30-32-33-35)19(21(15)26)12-6-8-34-13(9-12)1-3-18(34)23-29-10-16(31-23)14-5-7-28-22(27)20(14)25/h2,4-7,10-11,13,18H,1,3,8-9H2,(H2,27,28)(H,29,31)/t13-,18?/m1/s1. The van der Waals surface area contributed by atoms with Crippen LogP contribution in [0.25, 0.3) is 22.5 Å². The molecule has 1 saturated heterocycles. The zero-order valence-corrected chi connectivity index (χ0v) is 19.9. The number of H-pyrrole nitrogens is 1. The highest BCUT2D eigenvalue weighted by atomic mass is 35.5. The molecule has 0 radical (unpaired) electrons. The number of tetrazole rings is 1. The van der Waals surface area contributed by atoms with Crippen LogP contribution in [-0.4, -0.2) is 52.6 Å². The SMILES string of the molecule is Nc1nccc(-c2cnc(C3CC[C@@H]4CC(c5c(-n6cnnn6)ccc(Cl)c5F)=CCN34)[nH]2)c1Cl. The molecule has 0 aliphatic carbocycles. The zero-order valence-electron chi connectivity index (χ0n) is 18.4. The normalized spacial score (nSPS) is 20.1. The Kier molecular flexibility index (Phi) is 5.51. The summed E-state index contributed by atoms with van der Waals surface area (Å²) in [7, 11) is 0. The average molecular weight is 512 g/mol. The van der Waals surface area contributed by atoms with Crippen molar-refractivity contribution in [1.29, 1.82) is 0 Å². The van der Waals surface area contributed by atoms with Crippen LogP contribution in [-0.2, 0) is 0 Å². The second kappa shape index (κ2) is 8.71. The maximum Gasteiger partial charge on any atom is 0.151 e. The summed E-state index contributed by atoms with van der Waals surface area (Å²) in [5.41, 5.74) is 9.32. The smallest absolute Gasteiger partial charge is 0.151 e. The number of hydrogen-bond acceptors (Lipinski definition) is 7. The van der Waals surface area contributed by atoms with Crippen molar-refractivity contribution >= 4 is 34.6 Å². The summed E-state index contributed by atoms with van der Waals surface area (Å²) in [5.74, 6) is 0.691. The Labute approximate surface area is 209 Å². The van der Waals surface area contributed by atoms with E-state index < -0.39 is 5.82 Å². The molecule has 5 heterocycles. The molecule has 6 rings (SSSR count). The van der Waals surface area contributed by atoms with E-state index in [1.165, 1.54) is 17.1 Å². The Bertz CT molecular complexity index is 1430. The number of nitrogens with one attached hydrogen (secondary N) is 1. The summed E-state index contributed by atoms with van der Waals surface area (Å²) in [6.07, 6.45) is 9.48.